The highest BCUT2D eigenvalue weighted by molar-refractivity contribution is 7.92. The largest absolute Gasteiger partial charge is 0.492 e. The van der Waals surface area contributed by atoms with Crippen molar-refractivity contribution >= 4 is 21.6 Å². The summed E-state index contributed by atoms with van der Waals surface area (Å²) in [5, 5.41) is 2.78. The Morgan fingerprint density at radius 3 is 2.41 bits per heavy atom. The van der Waals surface area contributed by atoms with Crippen molar-refractivity contribution in [2.24, 2.45) is 0 Å². The molecule has 0 heterocycles. The van der Waals surface area contributed by atoms with E-state index in [0.29, 0.717) is 24.3 Å². The molecule has 0 unspecified atom stereocenters. The summed E-state index contributed by atoms with van der Waals surface area (Å²) in [7, 11) is -3.71. The van der Waals surface area contributed by atoms with Gasteiger partial charge in [0.15, 0.2) is 0 Å². The Balaban J connectivity index is 1.58. The van der Waals surface area contributed by atoms with E-state index in [1.54, 1.807) is 30.3 Å². The fourth-order valence-electron chi connectivity index (χ4n) is 3.10. The van der Waals surface area contributed by atoms with Gasteiger partial charge in [0.2, 0.25) is 10.0 Å². The molecule has 0 aliphatic rings. The van der Waals surface area contributed by atoms with Crippen molar-refractivity contribution in [1.29, 1.82) is 0 Å². The van der Waals surface area contributed by atoms with Gasteiger partial charge in [-0.3, -0.25) is 9.10 Å². The standard InChI is InChI=1S/C24H25FN2O4S/c1-18-6-5-7-21(16-18)31-15-14-26-24(28)20-12-10-19(11-13-20)17-27(32(2,29)30)23-9-4-3-8-22(23)25/h3-13,16H,14-15,17H2,1-2H3,(H,26,28). The van der Waals surface area contributed by atoms with Crippen LogP contribution in [0.15, 0.2) is 72.8 Å². The molecule has 0 atom stereocenters. The van der Waals surface area contributed by atoms with E-state index in [1.165, 1.54) is 18.2 Å². The highest BCUT2D eigenvalue weighted by Crippen LogP contribution is 2.24. The minimum absolute atomic E-state index is 0.0228. The first-order chi connectivity index (χ1) is 15.2. The Kier molecular flexibility index (Phi) is 7.48. The maximum Gasteiger partial charge on any atom is 0.251 e. The second-order valence-corrected chi connectivity index (χ2v) is 9.25. The molecule has 0 bridgehead atoms. The van der Waals surface area contributed by atoms with E-state index in [-0.39, 0.29) is 18.1 Å². The smallest absolute Gasteiger partial charge is 0.251 e. The first-order valence-corrected chi connectivity index (χ1v) is 11.9. The average Bonchev–Trinajstić information content (AvgIpc) is 2.75. The van der Waals surface area contributed by atoms with Crippen LogP contribution in [0.3, 0.4) is 0 Å². The zero-order valence-corrected chi connectivity index (χ0v) is 18.7. The van der Waals surface area contributed by atoms with E-state index in [4.69, 9.17) is 4.74 Å². The molecule has 168 valence electrons. The number of nitrogens with one attached hydrogen (secondary N) is 1. The van der Waals surface area contributed by atoms with Crippen LogP contribution in [0.5, 0.6) is 5.75 Å². The molecule has 0 aliphatic carbocycles. The fourth-order valence-corrected chi connectivity index (χ4v) is 3.99. The molecule has 32 heavy (non-hydrogen) atoms. The Labute approximate surface area is 187 Å². The van der Waals surface area contributed by atoms with Crippen molar-refractivity contribution in [3.63, 3.8) is 0 Å². The molecule has 0 saturated carbocycles. The SMILES string of the molecule is Cc1cccc(OCCNC(=O)c2ccc(CN(c3ccccc3F)S(C)(=O)=O)cc2)c1. The first kappa shape index (κ1) is 23.3. The van der Waals surface area contributed by atoms with Gasteiger partial charge in [0.05, 0.1) is 25.0 Å². The number of halogens is 1. The molecule has 1 amide bonds. The summed E-state index contributed by atoms with van der Waals surface area (Å²) in [5.74, 6) is -0.144. The van der Waals surface area contributed by atoms with Gasteiger partial charge in [-0.05, 0) is 54.4 Å². The lowest BCUT2D eigenvalue weighted by molar-refractivity contribution is 0.0947. The van der Waals surface area contributed by atoms with Gasteiger partial charge in [-0.15, -0.1) is 0 Å². The van der Waals surface area contributed by atoms with Crippen molar-refractivity contribution in [1.82, 2.24) is 5.32 Å². The molecule has 0 aliphatic heterocycles. The van der Waals surface area contributed by atoms with Crippen molar-refractivity contribution in [3.05, 3.63) is 95.3 Å². The van der Waals surface area contributed by atoms with Gasteiger partial charge < -0.3 is 10.1 Å². The van der Waals surface area contributed by atoms with Crippen LogP contribution in [0.4, 0.5) is 10.1 Å². The van der Waals surface area contributed by atoms with Crippen LogP contribution >= 0.6 is 0 Å². The number of hydrogen-bond donors (Lipinski definition) is 1. The van der Waals surface area contributed by atoms with Crippen LogP contribution in [-0.2, 0) is 16.6 Å². The lowest BCUT2D eigenvalue weighted by atomic mass is 10.1. The molecule has 8 heteroatoms. The molecule has 0 spiro atoms. The lowest BCUT2D eigenvalue weighted by Gasteiger charge is -2.23. The van der Waals surface area contributed by atoms with Gasteiger partial charge >= 0.3 is 0 Å². The predicted octanol–water partition coefficient (Wildman–Crippen LogP) is 3.91. The molecule has 1 N–H and O–H groups in total. The number of rotatable bonds is 9. The van der Waals surface area contributed by atoms with E-state index in [0.717, 1.165) is 21.9 Å². The Hall–Kier alpha value is -3.39. The molecule has 6 nitrogen and oxygen atoms in total. The number of anilines is 1. The number of ether oxygens (including phenoxy) is 1. The van der Waals surface area contributed by atoms with Gasteiger partial charge in [0.1, 0.15) is 18.2 Å². The lowest BCUT2D eigenvalue weighted by Crippen LogP contribution is -2.30. The number of amides is 1. The van der Waals surface area contributed by atoms with Crippen molar-refractivity contribution < 1.29 is 22.3 Å². The molecular formula is C24H25FN2O4S. The zero-order valence-electron chi connectivity index (χ0n) is 17.9. The summed E-state index contributed by atoms with van der Waals surface area (Å²) in [6, 6.07) is 19.9. The van der Waals surface area contributed by atoms with Crippen molar-refractivity contribution in [2.75, 3.05) is 23.7 Å². The van der Waals surface area contributed by atoms with Crippen LogP contribution < -0.4 is 14.4 Å². The molecule has 3 aromatic carbocycles. The van der Waals surface area contributed by atoms with Gasteiger partial charge in [-0.2, -0.15) is 0 Å². The summed E-state index contributed by atoms with van der Waals surface area (Å²) in [6.45, 7) is 2.60. The van der Waals surface area contributed by atoms with Crippen LogP contribution in [0.25, 0.3) is 0 Å². The van der Waals surface area contributed by atoms with E-state index in [9.17, 15) is 17.6 Å². The normalized spacial score (nSPS) is 11.1. The Morgan fingerprint density at radius 1 is 1.03 bits per heavy atom. The third kappa shape index (κ3) is 6.31. The van der Waals surface area contributed by atoms with Crippen LogP contribution in [-0.4, -0.2) is 33.7 Å². The zero-order chi connectivity index (χ0) is 23.1. The van der Waals surface area contributed by atoms with Gasteiger partial charge in [-0.1, -0.05) is 36.4 Å². The Morgan fingerprint density at radius 2 is 1.75 bits per heavy atom. The van der Waals surface area contributed by atoms with Crippen LogP contribution in [0, 0.1) is 12.7 Å². The highest BCUT2D eigenvalue weighted by Gasteiger charge is 2.21. The monoisotopic (exact) mass is 456 g/mol. The van der Waals surface area contributed by atoms with Crippen molar-refractivity contribution in [2.45, 2.75) is 13.5 Å². The predicted molar refractivity (Wildman–Crippen MR) is 123 cm³/mol. The second-order valence-electron chi connectivity index (χ2n) is 7.34. The molecule has 0 radical (unpaired) electrons. The fraction of sp³-hybridized carbons (Fsp3) is 0.208. The quantitative estimate of drug-likeness (QED) is 0.496. The summed E-state index contributed by atoms with van der Waals surface area (Å²) in [6.07, 6.45) is 1.03. The first-order valence-electron chi connectivity index (χ1n) is 10.0. The molecule has 0 fully saturated rings. The third-order valence-corrected chi connectivity index (χ3v) is 5.84. The number of hydrogen-bond acceptors (Lipinski definition) is 4. The molecule has 0 saturated heterocycles. The number of para-hydroxylation sites is 1. The minimum Gasteiger partial charge on any atom is -0.492 e. The number of carbonyl (C=O) groups is 1. The summed E-state index contributed by atoms with van der Waals surface area (Å²) >= 11 is 0. The molecule has 3 aromatic rings. The average molecular weight is 457 g/mol. The molecule has 3 rings (SSSR count). The summed E-state index contributed by atoms with van der Waals surface area (Å²) in [5.41, 5.74) is 2.13. The number of carbonyl (C=O) groups excluding carboxylic acids is 1. The maximum atomic E-state index is 14.1. The number of nitrogens with zero attached hydrogens (tertiary/aromatic N) is 1. The third-order valence-electron chi connectivity index (χ3n) is 4.71. The Bertz CT molecular complexity index is 1180. The number of sulfonamides is 1. The van der Waals surface area contributed by atoms with Gasteiger partial charge in [0, 0.05) is 5.56 Å². The van der Waals surface area contributed by atoms with E-state index >= 15 is 0 Å². The minimum atomic E-state index is -3.71. The van der Waals surface area contributed by atoms with E-state index in [1.807, 2.05) is 31.2 Å². The summed E-state index contributed by atoms with van der Waals surface area (Å²) in [4.78, 5) is 12.3. The number of benzene rings is 3. The molecular weight excluding hydrogens is 431 g/mol. The highest BCUT2D eigenvalue weighted by atomic mass is 32.2. The second kappa shape index (κ2) is 10.3. The van der Waals surface area contributed by atoms with E-state index in [2.05, 4.69) is 5.32 Å². The van der Waals surface area contributed by atoms with Crippen molar-refractivity contribution in [3.8, 4) is 5.75 Å². The molecule has 0 aromatic heterocycles. The van der Waals surface area contributed by atoms with Crippen LogP contribution in [0.1, 0.15) is 21.5 Å². The van der Waals surface area contributed by atoms with Crippen LogP contribution in [0.2, 0.25) is 0 Å². The maximum absolute atomic E-state index is 14.1. The van der Waals surface area contributed by atoms with Gasteiger partial charge in [-0.25, -0.2) is 12.8 Å². The summed E-state index contributed by atoms with van der Waals surface area (Å²) < 4.78 is 45.2. The van der Waals surface area contributed by atoms with E-state index < -0.39 is 15.8 Å². The topological polar surface area (TPSA) is 75.7 Å². The van der Waals surface area contributed by atoms with Gasteiger partial charge in [0.25, 0.3) is 5.91 Å². The number of aryl methyl sites for hydroxylation is 1.